The van der Waals surface area contributed by atoms with Gasteiger partial charge in [-0.3, -0.25) is 0 Å². The Morgan fingerprint density at radius 3 is 1.94 bits per heavy atom. The van der Waals surface area contributed by atoms with E-state index < -0.39 is 7.12 Å². The smallest absolute Gasteiger partial charge is 0.423 e. The average molecular weight is 214 g/mol. The summed E-state index contributed by atoms with van der Waals surface area (Å²) in [5.41, 5.74) is 2.37. The van der Waals surface area contributed by atoms with Gasteiger partial charge in [0.25, 0.3) is 0 Å². The fourth-order valence-electron chi connectivity index (χ4n) is 1.60. The largest absolute Gasteiger partial charge is 0.489 e. The maximum absolute atomic E-state index is 9.22. The predicted octanol–water partition coefficient (Wildman–Crippen LogP) is 1.67. The zero-order chi connectivity index (χ0) is 10.7. The molecular formula is C13H15BO2. The Hall–Kier alpha value is -1.58. The first-order valence-corrected chi connectivity index (χ1v) is 4.79. The minimum absolute atomic E-state index is 0. The van der Waals surface area contributed by atoms with E-state index in [0.717, 1.165) is 11.1 Å². The third-order valence-corrected chi connectivity index (χ3v) is 2.32. The molecule has 0 heterocycles. The zero-order valence-corrected chi connectivity index (χ0v) is 8.17. The number of hydrogen-bond acceptors (Lipinski definition) is 2. The van der Waals surface area contributed by atoms with E-state index in [1.807, 2.05) is 42.5 Å². The van der Waals surface area contributed by atoms with Gasteiger partial charge in [0.1, 0.15) is 0 Å². The minimum Gasteiger partial charge on any atom is -0.423 e. The van der Waals surface area contributed by atoms with Crippen LogP contribution in [0.25, 0.3) is 11.1 Å². The molecule has 0 radical (unpaired) electrons. The molecular weight excluding hydrogens is 199 g/mol. The second-order valence-electron chi connectivity index (χ2n) is 3.33. The minimum atomic E-state index is -1.43. The molecule has 82 valence electrons. The standard InChI is InChI=1S/C12H11BO2.CH4/c14-13(15)12-9-5-4-8-11(12)10-6-2-1-3-7-10;/h1-9,14-15H;1H4. The molecule has 3 heteroatoms. The Morgan fingerprint density at radius 2 is 1.31 bits per heavy atom. The van der Waals surface area contributed by atoms with Crippen LogP contribution >= 0.6 is 0 Å². The number of rotatable bonds is 2. The fourth-order valence-corrected chi connectivity index (χ4v) is 1.60. The van der Waals surface area contributed by atoms with E-state index in [4.69, 9.17) is 0 Å². The highest BCUT2D eigenvalue weighted by Crippen LogP contribution is 2.16. The van der Waals surface area contributed by atoms with Gasteiger partial charge in [0.15, 0.2) is 0 Å². The van der Waals surface area contributed by atoms with Crippen LogP contribution in [0.4, 0.5) is 0 Å². The monoisotopic (exact) mass is 214 g/mol. The third kappa shape index (κ3) is 2.51. The summed E-state index contributed by atoms with van der Waals surface area (Å²) < 4.78 is 0. The van der Waals surface area contributed by atoms with E-state index in [0.29, 0.717) is 5.46 Å². The highest BCUT2D eigenvalue weighted by Gasteiger charge is 2.15. The molecule has 2 aromatic rings. The lowest BCUT2D eigenvalue weighted by molar-refractivity contribution is 0.426. The predicted molar refractivity (Wildman–Crippen MR) is 68.4 cm³/mol. The first-order valence-electron chi connectivity index (χ1n) is 4.79. The summed E-state index contributed by atoms with van der Waals surface area (Å²) in [6.07, 6.45) is 0. The van der Waals surface area contributed by atoms with Gasteiger partial charge in [0, 0.05) is 0 Å². The van der Waals surface area contributed by atoms with Crippen molar-refractivity contribution in [3.63, 3.8) is 0 Å². The lowest BCUT2D eigenvalue weighted by atomic mass is 9.75. The van der Waals surface area contributed by atoms with Gasteiger partial charge in [-0.15, -0.1) is 0 Å². The van der Waals surface area contributed by atoms with Crippen molar-refractivity contribution in [2.75, 3.05) is 0 Å². The van der Waals surface area contributed by atoms with Crippen LogP contribution in [0.1, 0.15) is 7.43 Å². The maximum Gasteiger partial charge on any atom is 0.489 e. The van der Waals surface area contributed by atoms with Crippen LogP contribution < -0.4 is 5.46 Å². The van der Waals surface area contributed by atoms with Crippen molar-refractivity contribution in [1.82, 2.24) is 0 Å². The van der Waals surface area contributed by atoms with Gasteiger partial charge in [-0.2, -0.15) is 0 Å². The van der Waals surface area contributed by atoms with Crippen LogP contribution in [-0.2, 0) is 0 Å². The Bertz CT molecular complexity index is 441. The molecule has 0 spiro atoms. The first kappa shape index (κ1) is 12.5. The summed E-state index contributed by atoms with van der Waals surface area (Å²) in [5.74, 6) is 0. The van der Waals surface area contributed by atoms with Gasteiger partial charge in [-0.05, 0) is 16.6 Å². The molecule has 0 saturated carbocycles. The molecule has 0 atom stereocenters. The second-order valence-corrected chi connectivity index (χ2v) is 3.33. The molecule has 0 saturated heterocycles. The van der Waals surface area contributed by atoms with E-state index >= 15 is 0 Å². The summed E-state index contributed by atoms with van der Waals surface area (Å²) >= 11 is 0. The molecule has 2 rings (SSSR count). The molecule has 0 aliphatic heterocycles. The lowest BCUT2D eigenvalue weighted by Gasteiger charge is -2.08. The van der Waals surface area contributed by atoms with Gasteiger partial charge in [0.2, 0.25) is 0 Å². The molecule has 2 nitrogen and oxygen atoms in total. The molecule has 0 aliphatic rings. The molecule has 0 bridgehead atoms. The molecule has 0 fully saturated rings. The highest BCUT2D eigenvalue weighted by molar-refractivity contribution is 6.60. The van der Waals surface area contributed by atoms with Crippen molar-refractivity contribution >= 4 is 12.6 Å². The van der Waals surface area contributed by atoms with Crippen molar-refractivity contribution in [3.8, 4) is 11.1 Å². The van der Waals surface area contributed by atoms with Crippen molar-refractivity contribution in [3.05, 3.63) is 54.6 Å². The third-order valence-electron chi connectivity index (χ3n) is 2.32. The van der Waals surface area contributed by atoms with E-state index in [1.54, 1.807) is 12.1 Å². The second kappa shape index (κ2) is 5.49. The maximum atomic E-state index is 9.22. The summed E-state index contributed by atoms with van der Waals surface area (Å²) in [7, 11) is -1.43. The summed E-state index contributed by atoms with van der Waals surface area (Å²) in [4.78, 5) is 0. The summed E-state index contributed by atoms with van der Waals surface area (Å²) in [5, 5.41) is 18.4. The van der Waals surface area contributed by atoms with Crippen LogP contribution in [0.15, 0.2) is 54.6 Å². The molecule has 2 N–H and O–H groups in total. The van der Waals surface area contributed by atoms with Crippen molar-refractivity contribution < 1.29 is 10.0 Å². The van der Waals surface area contributed by atoms with Gasteiger partial charge >= 0.3 is 7.12 Å². The highest BCUT2D eigenvalue weighted by atomic mass is 16.4. The average Bonchev–Trinajstić information content (AvgIpc) is 2.30. The van der Waals surface area contributed by atoms with Crippen LogP contribution in [0, 0.1) is 0 Å². The Kier molecular flexibility index (Phi) is 4.29. The van der Waals surface area contributed by atoms with Gasteiger partial charge < -0.3 is 10.0 Å². The van der Waals surface area contributed by atoms with Crippen molar-refractivity contribution in [1.29, 1.82) is 0 Å². The Balaban J connectivity index is 0.00000128. The molecule has 2 aromatic carbocycles. The van der Waals surface area contributed by atoms with Crippen LogP contribution in [0.3, 0.4) is 0 Å². The Morgan fingerprint density at radius 1 is 0.750 bits per heavy atom. The molecule has 0 aromatic heterocycles. The molecule has 16 heavy (non-hydrogen) atoms. The van der Waals surface area contributed by atoms with Crippen molar-refractivity contribution in [2.24, 2.45) is 0 Å². The number of benzene rings is 2. The quantitative estimate of drug-likeness (QED) is 0.746. The van der Waals surface area contributed by atoms with E-state index in [1.165, 1.54) is 0 Å². The molecule has 0 aliphatic carbocycles. The fraction of sp³-hybridized carbons (Fsp3) is 0.0769. The lowest BCUT2D eigenvalue weighted by Crippen LogP contribution is -2.31. The van der Waals surface area contributed by atoms with E-state index in [9.17, 15) is 10.0 Å². The van der Waals surface area contributed by atoms with Gasteiger partial charge in [0.05, 0.1) is 0 Å². The zero-order valence-electron chi connectivity index (χ0n) is 8.17. The SMILES string of the molecule is C.OB(O)c1ccccc1-c1ccccc1. The van der Waals surface area contributed by atoms with Gasteiger partial charge in [-0.1, -0.05) is 62.0 Å². The summed E-state index contributed by atoms with van der Waals surface area (Å²) in [6, 6.07) is 16.9. The molecule has 0 unspecified atom stereocenters. The van der Waals surface area contributed by atoms with Crippen LogP contribution in [-0.4, -0.2) is 17.2 Å². The van der Waals surface area contributed by atoms with E-state index in [-0.39, 0.29) is 7.43 Å². The normalized spacial score (nSPS) is 9.38. The number of hydrogen-bond donors (Lipinski definition) is 2. The topological polar surface area (TPSA) is 40.5 Å². The van der Waals surface area contributed by atoms with Gasteiger partial charge in [-0.25, -0.2) is 0 Å². The van der Waals surface area contributed by atoms with E-state index in [2.05, 4.69) is 0 Å². The van der Waals surface area contributed by atoms with Crippen LogP contribution in [0.5, 0.6) is 0 Å². The summed E-state index contributed by atoms with van der Waals surface area (Å²) in [6.45, 7) is 0. The van der Waals surface area contributed by atoms with Crippen molar-refractivity contribution in [2.45, 2.75) is 7.43 Å². The first-order chi connectivity index (χ1) is 7.29. The Labute approximate surface area is 96.3 Å². The van der Waals surface area contributed by atoms with Crippen LogP contribution in [0.2, 0.25) is 0 Å². The molecule has 0 amide bonds.